The van der Waals surface area contributed by atoms with Crippen LogP contribution in [-0.4, -0.2) is 45.4 Å². The van der Waals surface area contributed by atoms with Crippen LogP contribution < -0.4 is 14.8 Å². The molecule has 2 N–H and O–H groups in total. The van der Waals surface area contributed by atoms with Crippen molar-refractivity contribution >= 4 is 11.8 Å². The van der Waals surface area contributed by atoms with Crippen LogP contribution in [0.4, 0.5) is 19.0 Å². The van der Waals surface area contributed by atoms with Gasteiger partial charge < -0.3 is 19.9 Å². The molecule has 0 saturated carbocycles. The third kappa shape index (κ3) is 7.89. The third-order valence-electron chi connectivity index (χ3n) is 6.82. The van der Waals surface area contributed by atoms with E-state index in [0.717, 1.165) is 30.9 Å². The van der Waals surface area contributed by atoms with Crippen molar-refractivity contribution in [1.82, 2.24) is 14.8 Å². The number of alkyl halides is 3. The fraction of sp³-hybridized carbons (Fsp3) is 0.483. The van der Waals surface area contributed by atoms with Gasteiger partial charge in [0.25, 0.3) is 0 Å². The van der Waals surface area contributed by atoms with E-state index in [2.05, 4.69) is 26.2 Å². The van der Waals surface area contributed by atoms with Gasteiger partial charge in [0.05, 0.1) is 18.7 Å². The zero-order valence-electron chi connectivity index (χ0n) is 23.1. The molecule has 1 unspecified atom stereocenters. The van der Waals surface area contributed by atoms with Gasteiger partial charge in [0.2, 0.25) is 5.88 Å². The Hall–Kier alpha value is -3.76. The van der Waals surface area contributed by atoms with Crippen LogP contribution >= 0.6 is 0 Å². The lowest BCUT2D eigenvalue weighted by Gasteiger charge is -2.24. The van der Waals surface area contributed by atoms with Crippen molar-refractivity contribution < 1.29 is 32.5 Å². The fourth-order valence-corrected chi connectivity index (χ4v) is 4.76. The number of carboxylic acid groups (broad SMARTS) is 1. The molecule has 1 aromatic carbocycles. The molecule has 0 fully saturated rings. The predicted molar refractivity (Wildman–Crippen MR) is 144 cm³/mol. The lowest BCUT2D eigenvalue weighted by Crippen LogP contribution is -2.19. The number of nitrogens with zero attached hydrogens (tertiary/aromatic N) is 3. The van der Waals surface area contributed by atoms with Crippen LogP contribution in [0.2, 0.25) is 0 Å². The molecule has 40 heavy (non-hydrogen) atoms. The minimum Gasteiger partial charge on any atom is -0.481 e. The molecule has 2 aromatic heterocycles. The number of hydrogen-bond donors (Lipinski definition) is 2. The second-order valence-corrected chi connectivity index (χ2v) is 11.1. The lowest BCUT2D eigenvalue weighted by molar-refractivity contribution is -0.274. The fourth-order valence-electron chi connectivity index (χ4n) is 4.76. The van der Waals surface area contributed by atoms with Gasteiger partial charge in [0.1, 0.15) is 11.6 Å². The summed E-state index contributed by atoms with van der Waals surface area (Å²) in [6.45, 7) is 6.89. The highest BCUT2D eigenvalue weighted by molar-refractivity contribution is 5.68. The highest BCUT2D eigenvalue weighted by Crippen LogP contribution is 2.35. The Labute approximate surface area is 231 Å². The van der Waals surface area contributed by atoms with Crippen LogP contribution in [0, 0.1) is 0 Å². The van der Waals surface area contributed by atoms with Crippen molar-refractivity contribution in [2.45, 2.75) is 70.6 Å². The molecule has 1 atom stereocenters. The van der Waals surface area contributed by atoms with Gasteiger partial charge in [0.15, 0.2) is 0 Å². The molecule has 0 spiro atoms. The van der Waals surface area contributed by atoms with Crippen molar-refractivity contribution in [2.75, 3.05) is 18.5 Å². The van der Waals surface area contributed by atoms with Crippen LogP contribution in [0.25, 0.3) is 0 Å². The summed E-state index contributed by atoms with van der Waals surface area (Å²) in [6.07, 6.45) is -2.25. The van der Waals surface area contributed by atoms with Gasteiger partial charge in [0, 0.05) is 37.7 Å². The highest BCUT2D eigenvalue weighted by Gasteiger charge is 2.32. The molecule has 216 valence electrons. The lowest BCUT2D eigenvalue weighted by atomic mass is 9.82. The van der Waals surface area contributed by atoms with Crippen LogP contribution in [0.1, 0.15) is 67.6 Å². The van der Waals surface area contributed by atoms with Gasteiger partial charge >= 0.3 is 12.3 Å². The third-order valence-corrected chi connectivity index (χ3v) is 6.82. The van der Waals surface area contributed by atoms with Gasteiger partial charge in [-0.25, -0.2) is 9.67 Å². The zero-order chi connectivity index (χ0) is 29.1. The first-order valence-corrected chi connectivity index (χ1v) is 13.3. The van der Waals surface area contributed by atoms with E-state index >= 15 is 0 Å². The summed E-state index contributed by atoms with van der Waals surface area (Å²) in [5.41, 5.74) is 3.26. The number of carboxylic acids is 1. The van der Waals surface area contributed by atoms with E-state index in [1.807, 2.05) is 26.8 Å². The first-order chi connectivity index (χ1) is 18.8. The molecule has 0 amide bonds. The smallest absolute Gasteiger partial charge is 0.481 e. The molecular formula is C29H35F3N4O4. The zero-order valence-corrected chi connectivity index (χ0v) is 23.1. The number of ether oxygens (including phenoxy) is 2. The van der Waals surface area contributed by atoms with E-state index in [0.29, 0.717) is 35.7 Å². The van der Waals surface area contributed by atoms with Crippen molar-refractivity contribution in [3.63, 3.8) is 0 Å². The van der Waals surface area contributed by atoms with E-state index in [-0.39, 0.29) is 18.6 Å². The molecule has 3 heterocycles. The maximum atomic E-state index is 13.0. The van der Waals surface area contributed by atoms with Crippen molar-refractivity contribution in [1.29, 1.82) is 0 Å². The number of aryl methyl sites for hydroxylation is 2. The van der Waals surface area contributed by atoms with Gasteiger partial charge in [-0.1, -0.05) is 32.9 Å². The number of pyridine rings is 1. The maximum absolute atomic E-state index is 13.0. The molecule has 3 aromatic rings. The van der Waals surface area contributed by atoms with Crippen molar-refractivity contribution in [3.8, 4) is 11.6 Å². The number of rotatable bonds is 10. The van der Waals surface area contributed by atoms with E-state index in [4.69, 9.17) is 4.74 Å². The number of carbonyl (C=O) groups is 1. The molecule has 0 bridgehead atoms. The Morgan fingerprint density at radius 1 is 1.15 bits per heavy atom. The summed E-state index contributed by atoms with van der Waals surface area (Å²) >= 11 is 0. The quantitative estimate of drug-likeness (QED) is 0.324. The molecular weight excluding hydrogens is 525 g/mol. The minimum atomic E-state index is -4.87. The van der Waals surface area contributed by atoms with Crippen LogP contribution in [0.3, 0.4) is 0 Å². The standard InChI is InChI=1S/C29H35F3N4O4/c1-28(2,3)21-12-19(14-24(16-21)40-29(30,31)32)20(15-26(37)38)13-23-17-25(36(4)35-23)39-11-9-22-8-7-18-6-5-10-33-27(18)34-22/h7-8,12,14,16-17,20H,5-6,9-11,13,15H2,1-4H3,(H,33,34)(H,37,38). The Balaban J connectivity index is 1.50. The molecule has 1 aliphatic rings. The molecule has 0 aliphatic carbocycles. The average Bonchev–Trinajstić information content (AvgIpc) is 3.20. The number of aromatic nitrogens is 3. The predicted octanol–water partition coefficient (Wildman–Crippen LogP) is 5.79. The summed E-state index contributed by atoms with van der Waals surface area (Å²) in [7, 11) is 1.72. The summed E-state index contributed by atoms with van der Waals surface area (Å²) in [6, 6.07) is 10.2. The average molecular weight is 561 g/mol. The monoisotopic (exact) mass is 560 g/mol. The Kier molecular flexibility index (Phi) is 8.60. The molecule has 4 rings (SSSR count). The Morgan fingerprint density at radius 2 is 1.93 bits per heavy atom. The van der Waals surface area contributed by atoms with Crippen molar-refractivity contribution in [3.05, 3.63) is 64.5 Å². The topological polar surface area (TPSA) is 98.5 Å². The molecule has 8 nitrogen and oxygen atoms in total. The Bertz CT molecular complexity index is 1350. The normalized spacial score (nSPS) is 14.3. The van der Waals surface area contributed by atoms with Crippen molar-refractivity contribution in [2.24, 2.45) is 7.05 Å². The molecule has 0 radical (unpaired) electrons. The number of halogens is 3. The van der Waals surface area contributed by atoms with Crippen LogP contribution in [-0.2, 0) is 36.5 Å². The number of benzene rings is 1. The molecule has 0 saturated heterocycles. The Morgan fingerprint density at radius 3 is 2.62 bits per heavy atom. The second kappa shape index (κ2) is 11.8. The summed E-state index contributed by atoms with van der Waals surface area (Å²) in [5, 5.41) is 17.4. The second-order valence-electron chi connectivity index (χ2n) is 11.1. The van der Waals surface area contributed by atoms with Gasteiger partial charge in [-0.3, -0.25) is 4.79 Å². The van der Waals surface area contributed by atoms with E-state index in [9.17, 15) is 23.1 Å². The van der Waals surface area contributed by atoms with E-state index < -0.39 is 23.7 Å². The molecule has 11 heteroatoms. The minimum absolute atomic E-state index is 0.195. The summed E-state index contributed by atoms with van der Waals surface area (Å²) < 4.78 is 50.9. The highest BCUT2D eigenvalue weighted by atomic mass is 19.4. The number of hydrogen-bond acceptors (Lipinski definition) is 6. The summed E-state index contributed by atoms with van der Waals surface area (Å²) in [4.78, 5) is 16.4. The van der Waals surface area contributed by atoms with Crippen LogP contribution in [0.15, 0.2) is 36.4 Å². The van der Waals surface area contributed by atoms with E-state index in [1.54, 1.807) is 23.9 Å². The number of nitrogens with one attached hydrogen (secondary N) is 1. The SMILES string of the molecule is Cn1nc(CC(CC(=O)O)c2cc(OC(F)(F)F)cc(C(C)(C)C)c2)cc1OCCc1ccc2c(n1)NCCC2. The number of fused-ring (bicyclic) bond motifs is 1. The van der Waals surface area contributed by atoms with Gasteiger partial charge in [-0.05, 0) is 59.6 Å². The van der Waals surface area contributed by atoms with Gasteiger partial charge in [-0.2, -0.15) is 5.10 Å². The number of anilines is 1. The largest absolute Gasteiger partial charge is 0.573 e. The maximum Gasteiger partial charge on any atom is 0.573 e. The first kappa shape index (κ1) is 29.2. The summed E-state index contributed by atoms with van der Waals surface area (Å²) in [5.74, 6) is -0.643. The number of aliphatic carboxylic acids is 1. The van der Waals surface area contributed by atoms with E-state index in [1.165, 1.54) is 17.7 Å². The molecule has 1 aliphatic heterocycles. The van der Waals surface area contributed by atoms with Crippen LogP contribution in [0.5, 0.6) is 11.6 Å². The van der Waals surface area contributed by atoms with Gasteiger partial charge in [-0.15, -0.1) is 13.2 Å². The first-order valence-electron chi connectivity index (χ1n) is 13.3.